The van der Waals surface area contributed by atoms with Crippen LogP contribution >= 0.6 is 0 Å². The Kier molecular flexibility index (Phi) is 4.57. The summed E-state index contributed by atoms with van der Waals surface area (Å²) < 4.78 is 38.4. The van der Waals surface area contributed by atoms with Gasteiger partial charge in [-0.2, -0.15) is 13.2 Å². The Hall–Kier alpha value is -3.08. The van der Waals surface area contributed by atoms with Crippen molar-refractivity contribution in [3.63, 3.8) is 0 Å². The van der Waals surface area contributed by atoms with Crippen LogP contribution < -0.4 is 4.90 Å². The monoisotopic (exact) mass is 341 g/mol. The van der Waals surface area contributed by atoms with Gasteiger partial charge in [0.1, 0.15) is 0 Å². The van der Waals surface area contributed by atoms with Gasteiger partial charge >= 0.3 is 6.18 Å². The molecule has 0 saturated carbocycles. The summed E-state index contributed by atoms with van der Waals surface area (Å²) in [5.74, 6) is -0.313. The molecule has 0 radical (unpaired) electrons. The molecule has 0 N–H and O–H groups in total. The van der Waals surface area contributed by atoms with Crippen molar-refractivity contribution in [2.75, 3.05) is 4.90 Å². The number of nitrogens with zero attached hydrogens (tertiary/aromatic N) is 1. The maximum atomic E-state index is 12.9. The highest BCUT2D eigenvalue weighted by Gasteiger charge is 2.30. The van der Waals surface area contributed by atoms with Gasteiger partial charge < -0.3 is 0 Å². The first-order chi connectivity index (χ1) is 12.0. The number of rotatable bonds is 3. The fourth-order valence-corrected chi connectivity index (χ4v) is 2.47. The smallest absolute Gasteiger partial charge is 0.277 e. The molecule has 0 fully saturated rings. The van der Waals surface area contributed by atoms with Crippen molar-refractivity contribution in [1.82, 2.24) is 0 Å². The van der Waals surface area contributed by atoms with Crippen LogP contribution in [0.1, 0.15) is 15.9 Å². The molecule has 3 aromatic carbocycles. The van der Waals surface area contributed by atoms with Gasteiger partial charge in [0, 0.05) is 16.9 Å². The van der Waals surface area contributed by atoms with Crippen LogP contribution in [0.15, 0.2) is 84.9 Å². The third kappa shape index (κ3) is 3.71. The summed E-state index contributed by atoms with van der Waals surface area (Å²) in [4.78, 5) is 14.3. The first-order valence-electron chi connectivity index (χ1n) is 7.58. The van der Waals surface area contributed by atoms with Gasteiger partial charge in [0.05, 0.1) is 5.56 Å². The molecule has 3 aromatic rings. The lowest BCUT2D eigenvalue weighted by atomic mass is 10.1. The van der Waals surface area contributed by atoms with E-state index in [1.165, 1.54) is 17.0 Å². The number of halogens is 3. The minimum Gasteiger partial charge on any atom is -0.277 e. The lowest BCUT2D eigenvalue weighted by molar-refractivity contribution is -0.137. The third-order valence-electron chi connectivity index (χ3n) is 3.69. The second-order valence-electron chi connectivity index (χ2n) is 5.39. The van der Waals surface area contributed by atoms with Crippen LogP contribution in [0.5, 0.6) is 0 Å². The van der Waals surface area contributed by atoms with E-state index in [-0.39, 0.29) is 5.91 Å². The molecule has 2 nitrogen and oxygen atoms in total. The Morgan fingerprint density at radius 3 is 1.68 bits per heavy atom. The zero-order valence-corrected chi connectivity index (χ0v) is 13.1. The number of carbonyl (C=O) groups excluding carboxylic acids is 1. The van der Waals surface area contributed by atoms with Gasteiger partial charge in [-0.15, -0.1) is 0 Å². The van der Waals surface area contributed by atoms with Gasteiger partial charge in [0.15, 0.2) is 0 Å². The molecular weight excluding hydrogens is 327 g/mol. The molecule has 0 atom stereocenters. The SMILES string of the molecule is O=C(c1ccccc1)N(c1ccccc1)c1ccc(C(F)(F)F)cc1. The number of alkyl halides is 3. The molecule has 0 spiro atoms. The molecule has 0 heterocycles. The van der Waals surface area contributed by atoms with Crippen molar-refractivity contribution >= 4 is 17.3 Å². The van der Waals surface area contributed by atoms with Crippen LogP contribution in [-0.2, 0) is 6.18 Å². The van der Waals surface area contributed by atoms with Gasteiger partial charge in [-0.05, 0) is 48.5 Å². The molecule has 0 aliphatic rings. The van der Waals surface area contributed by atoms with E-state index >= 15 is 0 Å². The molecular formula is C20H14F3NO. The van der Waals surface area contributed by atoms with Crippen molar-refractivity contribution in [3.05, 3.63) is 96.1 Å². The van der Waals surface area contributed by atoms with E-state index in [0.717, 1.165) is 12.1 Å². The van der Waals surface area contributed by atoms with E-state index in [0.29, 0.717) is 16.9 Å². The van der Waals surface area contributed by atoms with Crippen molar-refractivity contribution in [2.24, 2.45) is 0 Å². The van der Waals surface area contributed by atoms with Crippen LogP contribution in [0.4, 0.5) is 24.5 Å². The van der Waals surface area contributed by atoms with Crippen molar-refractivity contribution in [1.29, 1.82) is 0 Å². The van der Waals surface area contributed by atoms with Crippen molar-refractivity contribution in [2.45, 2.75) is 6.18 Å². The minimum atomic E-state index is -4.42. The largest absolute Gasteiger partial charge is 0.416 e. The van der Waals surface area contributed by atoms with Gasteiger partial charge in [0.25, 0.3) is 5.91 Å². The van der Waals surface area contributed by atoms with Crippen LogP contribution in [0.2, 0.25) is 0 Å². The second kappa shape index (κ2) is 6.81. The van der Waals surface area contributed by atoms with Gasteiger partial charge in [0.2, 0.25) is 0 Å². The molecule has 0 bridgehead atoms. The van der Waals surface area contributed by atoms with Gasteiger partial charge in [-0.3, -0.25) is 9.69 Å². The van der Waals surface area contributed by atoms with E-state index in [9.17, 15) is 18.0 Å². The molecule has 1 amide bonds. The van der Waals surface area contributed by atoms with Gasteiger partial charge in [-0.25, -0.2) is 0 Å². The van der Waals surface area contributed by atoms with E-state index in [1.54, 1.807) is 60.7 Å². The maximum Gasteiger partial charge on any atom is 0.416 e. The maximum absolute atomic E-state index is 12.9. The average molecular weight is 341 g/mol. The number of hydrogen-bond donors (Lipinski definition) is 0. The number of para-hydroxylation sites is 1. The minimum absolute atomic E-state index is 0.313. The van der Waals surface area contributed by atoms with Crippen LogP contribution in [0.3, 0.4) is 0 Å². The zero-order valence-electron chi connectivity index (χ0n) is 13.1. The zero-order chi connectivity index (χ0) is 17.9. The number of hydrogen-bond acceptors (Lipinski definition) is 1. The molecule has 3 rings (SSSR count). The molecule has 0 aliphatic carbocycles. The summed E-state index contributed by atoms with van der Waals surface area (Å²) in [6.07, 6.45) is -4.42. The highest BCUT2D eigenvalue weighted by atomic mass is 19.4. The number of carbonyl (C=O) groups is 1. The second-order valence-corrected chi connectivity index (χ2v) is 5.39. The summed E-state index contributed by atoms with van der Waals surface area (Å²) >= 11 is 0. The van der Waals surface area contributed by atoms with E-state index in [4.69, 9.17) is 0 Å². The highest BCUT2D eigenvalue weighted by molar-refractivity contribution is 6.10. The van der Waals surface area contributed by atoms with E-state index in [2.05, 4.69) is 0 Å². The summed E-state index contributed by atoms with van der Waals surface area (Å²) in [5.41, 5.74) is 0.645. The number of amides is 1. The summed E-state index contributed by atoms with van der Waals surface area (Å²) in [6, 6.07) is 22.0. The molecule has 0 saturated heterocycles. The number of benzene rings is 3. The fourth-order valence-electron chi connectivity index (χ4n) is 2.47. The Bertz CT molecular complexity index is 844. The topological polar surface area (TPSA) is 20.3 Å². The lowest BCUT2D eigenvalue weighted by Gasteiger charge is -2.23. The average Bonchev–Trinajstić information content (AvgIpc) is 2.63. The quantitative estimate of drug-likeness (QED) is 0.600. The normalized spacial score (nSPS) is 11.2. The first kappa shape index (κ1) is 16.8. The predicted octanol–water partition coefficient (Wildman–Crippen LogP) is 5.68. The fraction of sp³-hybridized carbons (Fsp3) is 0.0500. The van der Waals surface area contributed by atoms with Crippen molar-refractivity contribution in [3.8, 4) is 0 Å². The standard InChI is InChI=1S/C20H14F3NO/c21-20(22,23)16-11-13-18(14-12-16)24(17-9-5-2-6-10-17)19(25)15-7-3-1-4-8-15/h1-14H. The van der Waals surface area contributed by atoms with Gasteiger partial charge in [-0.1, -0.05) is 36.4 Å². The summed E-state index contributed by atoms with van der Waals surface area (Å²) in [6.45, 7) is 0. The molecule has 0 aromatic heterocycles. The van der Waals surface area contributed by atoms with Crippen LogP contribution in [0.25, 0.3) is 0 Å². The summed E-state index contributed by atoms with van der Waals surface area (Å²) in [5, 5.41) is 0. The Balaban J connectivity index is 2.05. The predicted molar refractivity (Wildman–Crippen MR) is 90.8 cm³/mol. The molecule has 0 unspecified atom stereocenters. The summed E-state index contributed by atoms with van der Waals surface area (Å²) in [7, 11) is 0. The highest BCUT2D eigenvalue weighted by Crippen LogP contribution is 2.33. The molecule has 5 heteroatoms. The molecule has 0 aliphatic heterocycles. The molecule has 25 heavy (non-hydrogen) atoms. The van der Waals surface area contributed by atoms with Crippen molar-refractivity contribution < 1.29 is 18.0 Å². The van der Waals surface area contributed by atoms with Crippen LogP contribution in [0, 0.1) is 0 Å². The third-order valence-corrected chi connectivity index (χ3v) is 3.69. The van der Waals surface area contributed by atoms with E-state index in [1.807, 2.05) is 0 Å². The van der Waals surface area contributed by atoms with Crippen LogP contribution in [-0.4, -0.2) is 5.91 Å². The number of anilines is 2. The Labute approximate surface area is 143 Å². The first-order valence-corrected chi connectivity index (χ1v) is 7.58. The lowest BCUT2D eigenvalue weighted by Crippen LogP contribution is -2.26. The van der Waals surface area contributed by atoms with E-state index < -0.39 is 11.7 Å². The Morgan fingerprint density at radius 1 is 0.680 bits per heavy atom. The Morgan fingerprint density at radius 2 is 1.16 bits per heavy atom. The molecule has 126 valence electrons.